The molecule has 1 heterocycles. The van der Waals surface area contributed by atoms with E-state index in [4.69, 9.17) is 9.84 Å². The van der Waals surface area contributed by atoms with Crippen molar-refractivity contribution in [3.8, 4) is 0 Å². The monoisotopic (exact) mass is 638 g/mol. The van der Waals surface area contributed by atoms with E-state index in [9.17, 15) is 24.0 Å². The zero-order valence-electron chi connectivity index (χ0n) is 27.8. The first-order valence-corrected chi connectivity index (χ1v) is 14.8. The van der Waals surface area contributed by atoms with Crippen molar-refractivity contribution in [2.75, 3.05) is 7.11 Å². The summed E-state index contributed by atoms with van der Waals surface area (Å²) in [5, 5.41) is 14.3. The molecule has 2 atom stereocenters. The van der Waals surface area contributed by atoms with Gasteiger partial charge in [0.2, 0.25) is 5.91 Å². The molecule has 0 aromatic heterocycles. The number of benzene rings is 2. The number of ether oxygens (including phenoxy) is 2. The number of piperazine rings is 1. The zero-order chi connectivity index (χ0) is 34.9. The van der Waals surface area contributed by atoms with Crippen LogP contribution in [-0.2, 0) is 41.7 Å². The lowest BCUT2D eigenvalue weighted by Gasteiger charge is -2.34. The first kappa shape index (κ1) is 39.2. The van der Waals surface area contributed by atoms with Gasteiger partial charge >= 0.3 is 18.0 Å². The van der Waals surface area contributed by atoms with Crippen LogP contribution in [0.1, 0.15) is 66.0 Å². The maximum Gasteiger partial charge on any atom is 0.434 e. The number of hydrogen-bond acceptors (Lipinski definition) is 8. The summed E-state index contributed by atoms with van der Waals surface area (Å²) < 4.78 is 9.43. The summed E-state index contributed by atoms with van der Waals surface area (Å²) in [5.74, 6) is -1.70. The molecule has 1 saturated heterocycles. The molecule has 3 amide bonds. The van der Waals surface area contributed by atoms with E-state index in [0.29, 0.717) is 18.8 Å². The quantitative estimate of drug-likeness (QED) is 0.212. The van der Waals surface area contributed by atoms with Gasteiger partial charge in [0.05, 0.1) is 7.11 Å². The van der Waals surface area contributed by atoms with Crippen LogP contribution in [0.5, 0.6) is 0 Å². The summed E-state index contributed by atoms with van der Waals surface area (Å²) >= 11 is 0. The van der Waals surface area contributed by atoms with Gasteiger partial charge < -0.3 is 30.1 Å². The molecule has 2 aromatic carbocycles. The second-order valence-corrected chi connectivity index (χ2v) is 11.1. The summed E-state index contributed by atoms with van der Waals surface area (Å²) in [6.45, 7) is 13.1. The Balaban J connectivity index is 0.000000350. The van der Waals surface area contributed by atoms with E-state index in [0.717, 1.165) is 11.1 Å². The van der Waals surface area contributed by atoms with Crippen molar-refractivity contribution >= 4 is 35.6 Å². The Labute approximate surface area is 270 Å². The molecule has 1 fully saturated rings. The molecular weight excluding hydrogens is 592 g/mol. The molecule has 0 unspecified atom stereocenters. The Hall–Kier alpha value is -4.84. The molecule has 0 aliphatic carbocycles. The highest BCUT2D eigenvalue weighted by atomic mass is 16.6. The lowest BCUT2D eigenvalue weighted by molar-refractivity contribution is -0.142. The summed E-state index contributed by atoms with van der Waals surface area (Å²) in [4.78, 5) is 61.4. The molecular formula is C34H46N4O8. The molecule has 0 saturated carbocycles. The SMILES string of the molecule is C/C=C1/NC(=O)[C@@H](C)N(Cc2ccccc2)C1=O.CCC(=NC(=O)OC(C)(C)C)C(=O)O.COC(=O)[C@@H](C)NCc1ccccc1. The van der Waals surface area contributed by atoms with Crippen molar-refractivity contribution in [1.29, 1.82) is 0 Å². The number of nitrogens with one attached hydrogen (secondary N) is 2. The normalized spacial score (nSPS) is 16.2. The van der Waals surface area contributed by atoms with E-state index < -0.39 is 23.7 Å². The standard InChI is InChI=1S/C14H16N2O2.C11H15NO2.C9H15NO4/c1-3-12-14(18)16(10(2)13(17)15-12)9-11-7-5-4-6-8-11;1-9(11(13)14-2)12-8-10-6-4-3-5-7-10;1-5-6(7(11)12)10-8(13)14-9(2,3)4/h3-8,10H,9H2,1-2H3,(H,15,17);3-7,9,12H,8H2,1-2H3;5H2,1-4H3,(H,11,12)/b12-3+;;/t10-;9-;/m11./s1. The number of rotatable bonds is 8. The maximum atomic E-state index is 12.2. The lowest BCUT2D eigenvalue weighted by Crippen LogP contribution is -2.55. The summed E-state index contributed by atoms with van der Waals surface area (Å²) in [7, 11) is 1.39. The number of hydrogen-bond donors (Lipinski definition) is 3. The highest BCUT2D eigenvalue weighted by molar-refractivity contribution is 6.37. The Morgan fingerprint density at radius 3 is 2.04 bits per heavy atom. The fourth-order valence-corrected chi connectivity index (χ4v) is 3.75. The number of carbonyl (C=O) groups excluding carboxylic acids is 4. The van der Waals surface area contributed by atoms with E-state index in [2.05, 4.69) is 20.4 Å². The minimum Gasteiger partial charge on any atom is -0.477 e. The molecule has 0 spiro atoms. The van der Waals surface area contributed by atoms with Crippen molar-refractivity contribution in [2.45, 2.75) is 85.7 Å². The van der Waals surface area contributed by atoms with E-state index in [-0.39, 0.29) is 36.0 Å². The van der Waals surface area contributed by atoms with Crippen LogP contribution in [-0.4, -0.2) is 70.4 Å². The zero-order valence-corrected chi connectivity index (χ0v) is 27.8. The first-order valence-electron chi connectivity index (χ1n) is 14.8. The van der Waals surface area contributed by atoms with Gasteiger partial charge in [0.25, 0.3) is 5.91 Å². The van der Waals surface area contributed by atoms with Gasteiger partial charge in [-0.25, -0.2) is 9.59 Å². The second-order valence-electron chi connectivity index (χ2n) is 11.1. The van der Waals surface area contributed by atoms with E-state index in [1.165, 1.54) is 7.11 Å². The molecule has 3 rings (SSSR count). The fourth-order valence-electron chi connectivity index (χ4n) is 3.75. The lowest BCUT2D eigenvalue weighted by atomic mass is 10.1. The number of carboxylic acid groups (broad SMARTS) is 1. The third kappa shape index (κ3) is 14.3. The van der Waals surface area contributed by atoms with Crippen LogP contribution in [0.15, 0.2) is 77.4 Å². The van der Waals surface area contributed by atoms with Gasteiger partial charge in [-0.1, -0.05) is 73.7 Å². The number of aliphatic imine (C=N–C) groups is 1. The predicted octanol–water partition coefficient (Wildman–Crippen LogP) is 4.63. The topological polar surface area (TPSA) is 164 Å². The number of carboxylic acids is 1. The second kappa shape index (κ2) is 19.5. The molecule has 3 N–H and O–H groups in total. The summed E-state index contributed by atoms with van der Waals surface area (Å²) in [6, 6.07) is 18.9. The van der Waals surface area contributed by atoms with Crippen molar-refractivity contribution in [1.82, 2.24) is 15.5 Å². The maximum absolute atomic E-state index is 12.2. The molecule has 12 heteroatoms. The third-order valence-corrected chi connectivity index (χ3v) is 6.29. The Kier molecular flexibility index (Phi) is 16.6. The van der Waals surface area contributed by atoms with E-state index in [1.807, 2.05) is 60.7 Å². The van der Waals surface area contributed by atoms with Gasteiger partial charge in [-0.2, -0.15) is 4.99 Å². The van der Waals surface area contributed by atoms with Gasteiger partial charge in [0.15, 0.2) is 0 Å². The minimum absolute atomic E-state index is 0.131. The van der Waals surface area contributed by atoms with Gasteiger partial charge in [-0.3, -0.25) is 14.4 Å². The van der Waals surface area contributed by atoms with Crippen LogP contribution in [0.4, 0.5) is 4.79 Å². The third-order valence-electron chi connectivity index (χ3n) is 6.29. The Morgan fingerprint density at radius 1 is 1.04 bits per heavy atom. The number of methoxy groups -OCH3 is 1. The van der Waals surface area contributed by atoms with Crippen molar-refractivity contribution in [3.63, 3.8) is 0 Å². The highest BCUT2D eigenvalue weighted by Gasteiger charge is 2.34. The Morgan fingerprint density at radius 2 is 1.59 bits per heavy atom. The van der Waals surface area contributed by atoms with Gasteiger partial charge in [0, 0.05) is 13.1 Å². The summed E-state index contributed by atoms with van der Waals surface area (Å²) in [6.07, 6.45) is 0.954. The van der Waals surface area contributed by atoms with Gasteiger partial charge in [0.1, 0.15) is 29.1 Å². The smallest absolute Gasteiger partial charge is 0.434 e. The number of carbonyl (C=O) groups is 5. The Bertz CT molecular complexity index is 1370. The predicted molar refractivity (Wildman–Crippen MR) is 175 cm³/mol. The van der Waals surface area contributed by atoms with Crippen LogP contribution in [0.3, 0.4) is 0 Å². The average molecular weight is 639 g/mol. The van der Waals surface area contributed by atoms with Crippen molar-refractivity contribution < 1.29 is 38.6 Å². The molecule has 2 aromatic rings. The minimum atomic E-state index is -1.20. The van der Waals surface area contributed by atoms with Crippen molar-refractivity contribution in [2.24, 2.45) is 4.99 Å². The fraction of sp³-hybridized carbons (Fsp3) is 0.412. The molecule has 12 nitrogen and oxygen atoms in total. The number of esters is 1. The van der Waals surface area contributed by atoms with E-state index in [1.54, 1.807) is 59.4 Å². The number of amides is 3. The molecule has 0 radical (unpaired) electrons. The first-order chi connectivity index (χ1) is 21.6. The molecule has 1 aliphatic heterocycles. The number of nitrogens with zero attached hydrogens (tertiary/aromatic N) is 2. The number of aliphatic carboxylic acids is 1. The summed E-state index contributed by atoms with van der Waals surface area (Å²) in [5.41, 5.74) is 1.68. The largest absolute Gasteiger partial charge is 0.477 e. The average Bonchev–Trinajstić information content (AvgIpc) is 3.02. The van der Waals surface area contributed by atoms with Crippen LogP contribution >= 0.6 is 0 Å². The van der Waals surface area contributed by atoms with Crippen LogP contribution < -0.4 is 10.6 Å². The highest BCUT2D eigenvalue weighted by Crippen LogP contribution is 2.16. The molecule has 46 heavy (non-hydrogen) atoms. The van der Waals surface area contributed by atoms with Crippen LogP contribution in [0.2, 0.25) is 0 Å². The van der Waals surface area contributed by atoms with Crippen molar-refractivity contribution in [3.05, 3.63) is 83.6 Å². The molecule has 0 bridgehead atoms. The molecule has 250 valence electrons. The van der Waals surface area contributed by atoms with Crippen LogP contribution in [0.25, 0.3) is 0 Å². The molecule has 1 aliphatic rings. The number of allylic oxidation sites excluding steroid dienone is 1. The van der Waals surface area contributed by atoms with Gasteiger partial charge in [-0.05, 0) is 59.1 Å². The van der Waals surface area contributed by atoms with E-state index >= 15 is 0 Å². The van der Waals surface area contributed by atoms with Crippen LogP contribution in [0, 0.1) is 0 Å². The van der Waals surface area contributed by atoms with Gasteiger partial charge in [-0.15, -0.1) is 0 Å².